The van der Waals surface area contributed by atoms with Crippen molar-refractivity contribution in [1.29, 1.82) is 0 Å². The van der Waals surface area contributed by atoms with Crippen LogP contribution in [0.5, 0.6) is 0 Å². The van der Waals surface area contributed by atoms with Crippen molar-refractivity contribution < 1.29 is 9.47 Å². The predicted molar refractivity (Wildman–Crippen MR) is 112 cm³/mol. The Morgan fingerprint density at radius 3 is 1.93 bits per heavy atom. The van der Waals surface area contributed by atoms with Gasteiger partial charge in [-0.25, -0.2) is 0 Å². The van der Waals surface area contributed by atoms with Gasteiger partial charge in [0.05, 0.1) is 5.70 Å². The van der Waals surface area contributed by atoms with Crippen LogP contribution in [0.1, 0.15) is 17.5 Å². The van der Waals surface area contributed by atoms with Crippen LogP contribution in [-0.4, -0.2) is 20.0 Å². The number of aryl methyl sites for hydroxylation is 1. The van der Waals surface area contributed by atoms with Gasteiger partial charge in [-0.05, 0) is 54.0 Å². The van der Waals surface area contributed by atoms with E-state index >= 15 is 0 Å². The van der Waals surface area contributed by atoms with Crippen molar-refractivity contribution in [3.63, 3.8) is 0 Å². The van der Waals surface area contributed by atoms with Crippen LogP contribution < -0.4 is 22.9 Å². The molecule has 0 aromatic heterocycles. The molecule has 0 saturated carbocycles. The minimum atomic E-state index is -0.870. The Bertz CT molecular complexity index is 838. The average molecular weight is 368 g/mol. The van der Waals surface area contributed by atoms with Crippen molar-refractivity contribution >= 4 is 22.6 Å². The van der Waals surface area contributed by atoms with E-state index in [1.165, 1.54) is 0 Å². The maximum absolute atomic E-state index is 5.95. The molecular formula is C21H28N4O2. The largest absolute Gasteiger partial charge is 0.399 e. The van der Waals surface area contributed by atoms with Gasteiger partial charge in [0.2, 0.25) is 5.79 Å². The standard InChI is InChI=1S/C14H18N2O2.C7H10N2/c1-17-14(18-2)9-11(5-8-13(14)16)10-3-6-12(15)7-4-10;1-5-2-3-6(8)4-7(5)9/h3-8H,9,15-16H2,1-2H3;2-4H,8-9H2,1H3. The predicted octanol–water partition coefficient (Wildman–Crippen LogP) is 3.05. The van der Waals surface area contributed by atoms with E-state index in [-0.39, 0.29) is 0 Å². The Labute approximate surface area is 160 Å². The number of methoxy groups -OCH3 is 2. The smallest absolute Gasteiger partial charge is 0.213 e. The fourth-order valence-corrected chi connectivity index (χ4v) is 2.75. The Kier molecular flexibility index (Phi) is 6.50. The number of nitrogens with two attached hydrogens (primary N) is 4. The molecule has 2 aromatic carbocycles. The Balaban J connectivity index is 0.000000244. The Morgan fingerprint density at radius 1 is 0.815 bits per heavy atom. The number of anilines is 3. The van der Waals surface area contributed by atoms with Crippen LogP contribution in [0.15, 0.2) is 60.3 Å². The second-order valence-corrected chi connectivity index (χ2v) is 6.39. The fourth-order valence-electron chi connectivity index (χ4n) is 2.75. The van der Waals surface area contributed by atoms with Crippen molar-refractivity contribution in [2.24, 2.45) is 5.73 Å². The number of rotatable bonds is 3. The molecular weight excluding hydrogens is 340 g/mol. The first-order valence-corrected chi connectivity index (χ1v) is 8.56. The minimum absolute atomic E-state index is 0.576. The molecule has 0 spiro atoms. The topological polar surface area (TPSA) is 123 Å². The monoisotopic (exact) mass is 368 g/mol. The summed E-state index contributed by atoms with van der Waals surface area (Å²) in [6.07, 6.45) is 4.38. The highest BCUT2D eigenvalue weighted by atomic mass is 16.7. The van der Waals surface area contributed by atoms with Gasteiger partial charge in [0.15, 0.2) is 0 Å². The lowest BCUT2D eigenvalue weighted by Crippen LogP contribution is -2.41. The summed E-state index contributed by atoms with van der Waals surface area (Å²) < 4.78 is 10.9. The lowest BCUT2D eigenvalue weighted by molar-refractivity contribution is -0.175. The van der Waals surface area contributed by atoms with Gasteiger partial charge in [-0.2, -0.15) is 0 Å². The first-order chi connectivity index (χ1) is 12.8. The molecule has 8 N–H and O–H groups in total. The molecule has 1 aliphatic carbocycles. The van der Waals surface area contributed by atoms with E-state index in [2.05, 4.69) is 0 Å². The Morgan fingerprint density at radius 2 is 1.41 bits per heavy atom. The van der Waals surface area contributed by atoms with E-state index in [1.807, 2.05) is 55.5 Å². The summed E-state index contributed by atoms with van der Waals surface area (Å²) in [4.78, 5) is 0. The molecule has 3 rings (SSSR count). The molecule has 0 bridgehead atoms. The number of hydrogen-bond acceptors (Lipinski definition) is 6. The van der Waals surface area contributed by atoms with Gasteiger partial charge in [-0.1, -0.05) is 24.3 Å². The van der Waals surface area contributed by atoms with Crippen molar-refractivity contribution in [3.8, 4) is 0 Å². The van der Waals surface area contributed by atoms with Gasteiger partial charge in [0.25, 0.3) is 0 Å². The van der Waals surface area contributed by atoms with Crippen molar-refractivity contribution in [1.82, 2.24) is 0 Å². The van der Waals surface area contributed by atoms with Crippen molar-refractivity contribution in [2.45, 2.75) is 19.1 Å². The van der Waals surface area contributed by atoms with E-state index < -0.39 is 5.79 Å². The maximum Gasteiger partial charge on any atom is 0.213 e. The molecule has 0 atom stereocenters. The number of nitrogen functional groups attached to an aromatic ring is 3. The first kappa shape index (κ1) is 20.4. The molecule has 144 valence electrons. The molecule has 0 amide bonds. The quantitative estimate of drug-likeness (QED) is 0.488. The molecule has 0 unspecified atom stereocenters. The second kappa shape index (κ2) is 8.62. The van der Waals surface area contributed by atoms with Crippen LogP contribution in [0, 0.1) is 6.92 Å². The molecule has 0 fully saturated rings. The number of hydrogen-bond donors (Lipinski definition) is 4. The summed E-state index contributed by atoms with van der Waals surface area (Å²) in [5.74, 6) is -0.870. The van der Waals surface area contributed by atoms with E-state index in [1.54, 1.807) is 20.3 Å². The third kappa shape index (κ3) is 4.81. The van der Waals surface area contributed by atoms with E-state index in [0.717, 1.165) is 33.8 Å². The zero-order chi connectivity index (χ0) is 20.0. The molecule has 0 aliphatic heterocycles. The van der Waals surface area contributed by atoms with Crippen LogP contribution in [0.3, 0.4) is 0 Å². The van der Waals surface area contributed by atoms with Gasteiger partial charge < -0.3 is 32.4 Å². The molecule has 6 nitrogen and oxygen atoms in total. The summed E-state index contributed by atoms with van der Waals surface area (Å²) in [6, 6.07) is 13.2. The molecule has 0 saturated heterocycles. The fraction of sp³-hybridized carbons (Fsp3) is 0.238. The summed E-state index contributed by atoms with van der Waals surface area (Å²) in [5.41, 5.74) is 28.7. The summed E-state index contributed by atoms with van der Waals surface area (Å²) >= 11 is 0. The normalized spacial score (nSPS) is 15.2. The molecule has 6 heteroatoms. The lowest BCUT2D eigenvalue weighted by atomic mass is 9.91. The van der Waals surface area contributed by atoms with Crippen molar-refractivity contribution in [3.05, 3.63) is 71.4 Å². The van der Waals surface area contributed by atoms with E-state index in [0.29, 0.717) is 12.1 Å². The van der Waals surface area contributed by atoms with Gasteiger partial charge >= 0.3 is 0 Å². The summed E-state index contributed by atoms with van der Waals surface area (Å²) in [5, 5.41) is 0. The zero-order valence-corrected chi connectivity index (χ0v) is 16.0. The number of benzene rings is 2. The second-order valence-electron chi connectivity index (χ2n) is 6.39. The molecule has 1 aliphatic rings. The lowest BCUT2D eigenvalue weighted by Gasteiger charge is -2.34. The highest BCUT2D eigenvalue weighted by Crippen LogP contribution is 2.35. The van der Waals surface area contributed by atoms with E-state index in [4.69, 9.17) is 32.4 Å². The third-order valence-electron chi connectivity index (χ3n) is 4.57. The minimum Gasteiger partial charge on any atom is -0.399 e. The van der Waals surface area contributed by atoms with Crippen LogP contribution >= 0.6 is 0 Å². The Hall–Kier alpha value is -2.96. The van der Waals surface area contributed by atoms with E-state index in [9.17, 15) is 0 Å². The van der Waals surface area contributed by atoms with Gasteiger partial charge in [-0.15, -0.1) is 0 Å². The van der Waals surface area contributed by atoms with Crippen LogP contribution in [-0.2, 0) is 9.47 Å². The van der Waals surface area contributed by atoms with Crippen LogP contribution in [0.2, 0.25) is 0 Å². The SMILES string of the molecule is COC1(OC)CC(c2ccc(N)cc2)=CC=C1N.Cc1ccc(N)cc1N. The number of allylic oxidation sites excluding steroid dienone is 2. The van der Waals surface area contributed by atoms with Gasteiger partial charge in [-0.3, -0.25) is 0 Å². The van der Waals surface area contributed by atoms with Gasteiger partial charge in [0.1, 0.15) is 0 Å². The van der Waals surface area contributed by atoms with Crippen molar-refractivity contribution in [2.75, 3.05) is 31.4 Å². The molecule has 27 heavy (non-hydrogen) atoms. The highest BCUT2D eigenvalue weighted by molar-refractivity contribution is 5.71. The maximum atomic E-state index is 5.95. The zero-order valence-electron chi connectivity index (χ0n) is 16.0. The average Bonchev–Trinajstić information content (AvgIpc) is 2.67. The molecule has 2 aromatic rings. The third-order valence-corrected chi connectivity index (χ3v) is 4.57. The summed E-state index contributed by atoms with van der Waals surface area (Å²) in [7, 11) is 3.19. The number of ether oxygens (including phenoxy) is 2. The molecule has 0 heterocycles. The molecule has 0 radical (unpaired) electrons. The summed E-state index contributed by atoms with van der Waals surface area (Å²) in [6.45, 7) is 1.95. The van der Waals surface area contributed by atoms with Crippen LogP contribution in [0.4, 0.5) is 17.1 Å². The van der Waals surface area contributed by atoms with Gasteiger partial charge in [0, 0.05) is 37.7 Å². The van der Waals surface area contributed by atoms with Crippen LogP contribution in [0.25, 0.3) is 5.57 Å². The first-order valence-electron chi connectivity index (χ1n) is 8.56. The highest BCUT2D eigenvalue weighted by Gasteiger charge is 2.36.